The fourth-order valence-electron chi connectivity index (χ4n) is 12.7. The van der Waals surface area contributed by atoms with Crippen molar-refractivity contribution < 1.29 is 32.5 Å². The standard InChI is InChI=1S/C28H34N6O2.C27H27N7O2.C25H28F2N6O/c1-32-19-22(17-30-32)28-18-29-26-8-7-23(16-27(26)31-28)34(12-6-11-33-9-4-5-10-33)24-13-21(20-35-2)14-25(15-24)36-3;1-28-27-7-5-6-19(31-27)17-34(21-10-22(35-3)13-23(11-21)36-4)20-8-9-24-25(12-20)32-26(15-29-24)18-14-30-33(2)16-18;1-16(2)28-7-8-33(20-9-17(12-26)25(27)24(11-20)34-4)19-5-6-21-22(10-19)31-23(14-29-21)18-13-30-32(3)15-18/h7-8,13-19H,4-6,9-12,20H2,1-3H3;5-16H,17H2,1-4H3,(H,28,31);5-6,9-11,13-16,28H,7-8,12H2,1-4H3. The Kier molecular flexibility index (Phi) is 24.2. The number of nitrogens with zero attached hydrogens (tertiary/aromatic N) is 17. The summed E-state index contributed by atoms with van der Waals surface area (Å²) in [5, 5.41) is 19.2. The molecule has 1 saturated heterocycles. The minimum absolute atomic E-state index is 0.00594. The van der Waals surface area contributed by atoms with E-state index in [1.165, 1.54) is 39.1 Å². The van der Waals surface area contributed by atoms with E-state index in [0.717, 1.165) is 126 Å². The Hall–Kier alpha value is -11.7. The number of ether oxygens (including phenoxy) is 5. The number of nitrogens with one attached hydrogen (secondary N) is 2. The predicted molar refractivity (Wildman–Crippen MR) is 413 cm³/mol. The van der Waals surface area contributed by atoms with Gasteiger partial charge in [0.1, 0.15) is 29.7 Å². The number of anilines is 7. The summed E-state index contributed by atoms with van der Waals surface area (Å²) in [6.45, 7) is 9.90. The number of likely N-dealkylation sites (tertiary alicyclic amines) is 1. The molecule has 1 aliphatic heterocycles. The van der Waals surface area contributed by atoms with Gasteiger partial charge >= 0.3 is 0 Å². The SMILES string of the molecule is CNc1cccc(CN(c2cc(OC)cc(OC)c2)c2ccc3ncc(-c4cnn(C)c4)nc3c2)n1.COCc1cc(OC)cc(N(CCCN2CCCC2)c2ccc3ncc(-c4cnn(C)c4)nc3c2)c1.COc1cc(N(CCNC(C)C)c2ccc3ncc(-c4cnn(C)c4)nc3c2)cc(CF)c1F. The third kappa shape index (κ3) is 18.2. The molecule has 2 N–H and O–H groups in total. The van der Waals surface area contributed by atoms with Gasteiger partial charge in [-0.05, 0) is 129 Å². The molecule has 13 aromatic rings. The highest BCUT2D eigenvalue weighted by molar-refractivity contribution is 5.86. The molecule has 24 nitrogen and oxygen atoms in total. The number of alkyl halides is 1. The second kappa shape index (κ2) is 34.7. The first-order chi connectivity index (χ1) is 51.6. The molecule has 106 heavy (non-hydrogen) atoms. The molecule has 0 atom stereocenters. The van der Waals surface area contributed by atoms with Gasteiger partial charge in [0.25, 0.3) is 0 Å². The quantitative estimate of drug-likeness (QED) is 0.0488. The highest BCUT2D eigenvalue weighted by atomic mass is 19.1. The average Bonchev–Trinajstić information content (AvgIpc) is 1.07. The number of pyridine rings is 1. The number of methoxy groups -OCH3 is 5. The van der Waals surface area contributed by atoms with E-state index in [1.54, 1.807) is 73.3 Å². The molecule has 0 spiro atoms. The maximum Gasteiger partial charge on any atom is 0.171 e. The van der Waals surface area contributed by atoms with Crippen LogP contribution in [0, 0.1) is 5.82 Å². The molecule has 0 saturated carbocycles. The zero-order valence-corrected chi connectivity index (χ0v) is 61.7. The number of hydrogen-bond donors (Lipinski definition) is 2. The van der Waals surface area contributed by atoms with Crippen LogP contribution in [0.1, 0.15) is 49.9 Å². The molecule has 0 unspecified atom stereocenters. The molecule has 0 radical (unpaired) electrons. The molecule has 548 valence electrons. The summed E-state index contributed by atoms with van der Waals surface area (Å²) in [7, 11) is 15.6. The van der Waals surface area contributed by atoms with Crippen molar-refractivity contribution in [3.05, 3.63) is 200 Å². The van der Waals surface area contributed by atoms with Crippen molar-refractivity contribution in [1.82, 2.24) is 74.4 Å². The molecule has 7 aromatic heterocycles. The summed E-state index contributed by atoms with van der Waals surface area (Å²) in [6.07, 6.45) is 20.1. The van der Waals surface area contributed by atoms with Gasteiger partial charge in [0.2, 0.25) is 0 Å². The molecular weight excluding hydrogens is 1350 g/mol. The molecule has 6 aromatic carbocycles. The molecule has 14 rings (SSSR count). The lowest BCUT2D eigenvalue weighted by Crippen LogP contribution is -2.32. The normalized spacial score (nSPS) is 12.1. The van der Waals surface area contributed by atoms with Crippen molar-refractivity contribution >= 4 is 73.0 Å². The van der Waals surface area contributed by atoms with E-state index in [2.05, 4.69) is 93.7 Å². The Bertz CT molecular complexity index is 5070. The molecule has 1 fully saturated rings. The highest BCUT2D eigenvalue weighted by Crippen LogP contribution is 2.38. The van der Waals surface area contributed by atoms with E-state index in [0.29, 0.717) is 60.7 Å². The number of benzene rings is 6. The minimum Gasteiger partial charge on any atom is -0.497 e. The van der Waals surface area contributed by atoms with Crippen molar-refractivity contribution in [2.75, 3.05) is 102 Å². The summed E-state index contributed by atoms with van der Waals surface area (Å²) in [6, 6.07) is 39.6. The topological polar surface area (TPSA) is 227 Å². The number of aromatic nitrogens is 13. The Morgan fingerprint density at radius 1 is 0.509 bits per heavy atom. The molecule has 1 aliphatic rings. The van der Waals surface area contributed by atoms with Crippen molar-refractivity contribution in [2.24, 2.45) is 21.1 Å². The van der Waals surface area contributed by atoms with Crippen molar-refractivity contribution in [3.63, 3.8) is 0 Å². The lowest BCUT2D eigenvalue weighted by Gasteiger charge is -2.27. The Morgan fingerprint density at radius 2 is 1.00 bits per heavy atom. The third-order valence-corrected chi connectivity index (χ3v) is 18.1. The van der Waals surface area contributed by atoms with Gasteiger partial charge in [0.05, 0.1) is 135 Å². The number of hydrogen-bond acceptors (Lipinski definition) is 21. The molecule has 0 amide bonds. The second-order valence-electron chi connectivity index (χ2n) is 26.0. The first-order valence-electron chi connectivity index (χ1n) is 35.1. The third-order valence-electron chi connectivity index (χ3n) is 18.1. The van der Waals surface area contributed by atoms with Gasteiger partial charge in [0, 0.05) is 166 Å². The molecule has 0 aliphatic carbocycles. The van der Waals surface area contributed by atoms with Gasteiger partial charge in [0.15, 0.2) is 11.6 Å². The van der Waals surface area contributed by atoms with Gasteiger partial charge < -0.3 is 53.9 Å². The highest BCUT2D eigenvalue weighted by Gasteiger charge is 2.22. The van der Waals surface area contributed by atoms with Gasteiger partial charge in [-0.3, -0.25) is 29.0 Å². The van der Waals surface area contributed by atoms with Crippen LogP contribution in [0.2, 0.25) is 0 Å². The maximum atomic E-state index is 14.5. The minimum atomic E-state index is -0.925. The summed E-state index contributed by atoms with van der Waals surface area (Å²) in [5.41, 5.74) is 17.2. The lowest BCUT2D eigenvalue weighted by molar-refractivity contribution is 0.184. The van der Waals surface area contributed by atoms with E-state index in [4.69, 9.17) is 43.6 Å². The van der Waals surface area contributed by atoms with Gasteiger partial charge in [-0.25, -0.2) is 28.7 Å². The van der Waals surface area contributed by atoms with Crippen LogP contribution in [-0.2, 0) is 45.7 Å². The molecule has 0 bridgehead atoms. The second-order valence-corrected chi connectivity index (χ2v) is 26.0. The van der Waals surface area contributed by atoms with Crippen LogP contribution < -0.4 is 44.3 Å². The van der Waals surface area contributed by atoms with E-state index in [1.807, 2.05) is 149 Å². The van der Waals surface area contributed by atoms with Crippen LogP contribution in [0.15, 0.2) is 177 Å². The summed E-state index contributed by atoms with van der Waals surface area (Å²) >= 11 is 0. The maximum absolute atomic E-state index is 14.5. The van der Waals surface area contributed by atoms with Crippen LogP contribution >= 0.6 is 0 Å². The fourth-order valence-corrected chi connectivity index (χ4v) is 12.7. The Labute approximate surface area is 615 Å². The number of rotatable bonds is 27. The van der Waals surface area contributed by atoms with Crippen LogP contribution in [0.4, 0.5) is 48.7 Å². The van der Waals surface area contributed by atoms with Crippen LogP contribution in [0.5, 0.6) is 23.0 Å². The first kappa shape index (κ1) is 74.0. The van der Waals surface area contributed by atoms with Crippen molar-refractivity contribution in [2.45, 2.75) is 59.0 Å². The summed E-state index contributed by atoms with van der Waals surface area (Å²) in [5.74, 6) is 2.35. The zero-order chi connectivity index (χ0) is 74.2. The Morgan fingerprint density at radius 3 is 1.46 bits per heavy atom. The van der Waals surface area contributed by atoms with E-state index < -0.39 is 12.5 Å². The number of fused-ring (bicyclic) bond motifs is 3. The zero-order valence-electron chi connectivity index (χ0n) is 61.7. The lowest BCUT2D eigenvalue weighted by atomic mass is 10.1. The average molecular weight is 1430 g/mol. The summed E-state index contributed by atoms with van der Waals surface area (Å²) in [4.78, 5) is 42.2. The van der Waals surface area contributed by atoms with Gasteiger partial charge in [-0.15, -0.1) is 0 Å². The van der Waals surface area contributed by atoms with Gasteiger partial charge in [-0.1, -0.05) is 19.9 Å². The number of halogens is 2. The monoisotopic (exact) mass is 1430 g/mol. The van der Waals surface area contributed by atoms with Gasteiger partial charge in [-0.2, -0.15) is 15.3 Å². The number of aryl methyl sites for hydroxylation is 3. The van der Waals surface area contributed by atoms with Crippen LogP contribution in [0.25, 0.3) is 66.9 Å². The van der Waals surface area contributed by atoms with E-state index >= 15 is 0 Å². The van der Waals surface area contributed by atoms with Crippen molar-refractivity contribution in [1.29, 1.82) is 0 Å². The first-order valence-corrected chi connectivity index (χ1v) is 35.1. The van der Waals surface area contributed by atoms with E-state index in [-0.39, 0.29) is 11.3 Å². The van der Waals surface area contributed by atoms with Crippen LogP contribution in [0.3, 0.4) is 0 Å². The van der Waals surface area contributed by atoms with Crippen LogP contribution in [-0.4, -0.2) is 157 Å². The van der Waals surface area contributed by atoms with Crippen molar-refractivity contribution in [3.8, 4) is 56.8 Å². The summed E-state index contributed by atoms with van der Waals surface area (Å²) < 4.78 is 60.6. The predicted octanol–water partition coefficient (Wildman–Crippen LogP) is 14.4. The molecule has 26 heteroatoms. The van der Waals surface area contributed by atoms with E-state index in [9.17, 15) is 8.78 Å². The smallest absolute Gasteiger partial charge is 0.171 e. The largest absolute Gasteiger partial charge is 0.497 e. The molecular formula is C80H89F2N19O5. The molecule has 8 heterocycles. The fraction of sp³-hybridized carbons (Fsp3) is 0.300. The Balaban J connectivity index is 0.000000149.